The van der Waals surface area contributed by atoms with Gasteiger partial charge in [-0.1, -0.05) is 36.4 Å². The maximum Gasteiger partial charge on any atom is 0.416 e. The number of nitrogens with zero attached hydrogens (tertiary/aromatic N) is 3. The lowest BCUT2D eigenvalue weighted by atomic mass is 9.81. The number of nitrogens with one attached hydrogen (secondary N) is 2. The molecule has 3 aromatic carbocycles. The molecule has 47 heavy (non-hydrogen) atoms. The summed E-state index contributed by atoms with van der Waals surface area (Å²) in [6, 6.07) is 16.0. The number of carbonyl (C=O) groups excluding carboxylic acids is 4. The molecule has 4 aromatic rings. The smallest absolute Gasteiger partial charge is 0.416 e. The van der Waals surface area contributed by atoms with Crippen molar-refractivity contribution in [2.24, 2.45) is 0 Å². The van der Waals surface area contributed by atoms with Gasteiger partial charge in [-0.25, -0.2) is 13.9 Å². The highest BCUT2D eigenvalue weighted by atomic mass is 19.4. The van der Waals surface area contributed by atoms with E-state index in [2.05, 4.69) is 20.5 Å². The molecule has 1 aromatic heterocycles. The van der Waals surface area contributed by atoms with Crippen LogP contribution in [0.5, 0.6) is 0 Å². The number of halogens is 4. The zero-order chi connectivity index (χ0) is 33.9. The number of rotatable bonds is 8. The monoisotopic (exact) mass is 649 g/mol. The quantitative estimate of drug-likeness (QED) is 0.158. The molecule has 0 saturated heterocycles. The lowest BCUT2D eigenvalue weighted by molar-refractivity contribution is -0.137. The van der Waals surface area contributed by atoms with Gasteiger partial charge in [0.15, 0.2) is 5.82 Å². The van der Waals surface area contributed by atoms with Crippen molar-refractivity contribution in [3.8, 4) is 5.69 Å². The molecular formula is C33H27F4N5O5. The Morgan fingerprint density at radius 3 is 2.32 bits per heavy atom. The molecule has 0 saturated carbocycles. The summed E-state index contributed by atoms with van der Waals surface area (Å²) in [5.74, 6) is -4.69. The number of methoxy groups -OCH3 is 1. The van der Waals surface area contributed by atoms with Gasteiger partial charge in [0, 0.05) is 35.7 Å². The Hall–Kier alpha value is -5.79. The van der Waals surface area contributed by atoms with E-state index in [1.807, 2.05) is 0 Å². The summed E-state index contributed by atoms with van der Waals surface area (Å²) in [7, 11) is 1.14. The Bertz CT molecular complexity index is 1860. The minimum absolute atomic E-state index is 0.0537. The van der Waals surface area contributed by atoms with Gasteiger partial charge in [-0.05, 0) is 55.0 Å². The molecule has 0 fully saturated rings. The standard InChI is InChI=1S/C33H27F4N5O5/c1-3-41-31-27(29(38-24(43)16-17-25(44)47-2)40-42(31)23-10-5-4-6-11-23)26(19-12-14-22(34)15-13-19)28(32(41)46)39-30(45)20-8-7-9-21(18-20)33(35,36)37/h4-18,26,28H,3H2,1-2H3,(H,39,45)(H,38,40,43)/b17-16+/t26-,28-/m0/s1. The van der Waals surface area contributed by atoms with Crippen LogP contribution in [0.3, 0.4) is 0 Å². The van der Waals surface area contributed by atoms with Crippen LogP contribution < -0.4 is 15.5 Å². The van der Waals surface area contributed by atoms with Crippen LogP contribution in [0, 0.1) is 5.82 Å². The van der Waals surface area contributed by atoms with Gasteiger partial charge in [-0.2, -0.15) is 13.2 Å². The summed E-state index contributed by atoms with van der Waals surface area (Å²) in [4.78, 5) is 53.7. The van der Waals surface area contributed by atoms with Gasteiger partial charge in [0.2, 0.25) is 5.91 Å². The number of ether oxygens (including phenoxy) is 1. The molecule has 14 heteroatoms. The van der Waals surface area contributed by atoms with Crippen LogP contribution in [-0.4, -0.2) is 53.2 Å². The van der Waals surface area contributed by atoms with E-state index in [0.29, 0.717) is 17.3 Å². The third-order valence-corrected chi connectivity index (χ3v) is 7.43. The van der Waals surface area contributed by atoms with Crippen LogP contribution in [-0.2, 0) is 25.3 Å². The predicted molar refractivity (Wildman–Crippen MR) is 162 cm³/mol. The topological polar surface area (TPSA) is 123 Å². The first-order valence-electron chi connectivity index (χ1n) is 14.2. The highest BCUT2D eigenvalue weighted by molar-refractivity contribution is 6.08. The lowest BCUT2D eigenvalue weighted by Crippen LogP contribution is -2.55. The third-order valence-electron chi connectivity index (χ3n) is 7.43. The second kappa shape index (κ2) is 13.3. The Kier molecular flexibility index (Phi) is 9.22. The van der Waals surface area contributed by atoms with Gasteiger partial charge in [0.25, 0.3) is 11.8 Å². The van der Waals surface area contributed by atoms with Crippen LogP contribution >= 0.6 is 0 Å². The van der Waals surface area contributed by atoms with Crippen molar-refractivity contribution < 1.29 is 41.5 Å². The molecule has 2 heterocycles. The molecule has 2 atom stereocenters. The minimum atomic E-state index is -4.72. The summed E-state index contributed by atoms with van der Waals surface area (Å²) >= 11 is 0. The Morgan fingerprint density at radius 1 is 0.979 bits per heavy atom. The molecule has 0 aliphatic carbocycles. The van der Waals surface area contributed by atoms with Crippen LogP contribution in [0.25, 0.3) is 5.69 Å². The number of anilines is 2. The second-order valence-electron chi connectivity index (χ2n) is 10.3. The highest BCUT2D eigenvalue weighted by Crippen LogP contribution is 2.45. The van der Waals surface area contributed by atoms with E-state index in [1.165, 1.54) is 27.8 Å². The fourth-order valence-corrected chi connectivity index (χ4v) is 5.30. The van der Waals surface area contributed by atoms with E-state index in [-0.39, 0.29) is 29.3 Å². The SMILES string of the molecule is CCN1C(=O)[C@@H](NC(=O)c2cccc(C(F)(F)F)c2)[C@@H](c2ccc(F)cc2)c2c(NC(=O)/C=C/C(=O)OC)nn(-c3ccccc3)c21. The minimum Gasteiger partial charge on any atom is -0.466 e. The van der Waals surface area contributed by atoms with Gasteiger partial charge in [0.1, 0.15) is 17.7 Å². The van der Waals surface area contributed by atoms with Gasteiger partial charge in [-0.15, -0.1) is 5.10 Å². The first kappa shape index (κ1) is 32.6. The average Bonchev–Trinajstić information content (AvgIpc) is 3.42. The van der Waals surface area contributed by atoms with Crippen LogP contribution in [0.2, 0.25) is 0 Å². The maximum absolute atomic E-state index is 14.3. The van der Waals surface area contributed by atoms with Crippen LogP contribution in [0.15, 0.2) is 91.0 Å². The van der Waals surface area contributed by atoms with Gasteiger partial charge in [-0.3, -0.25) is 19.3 Å². The number of hydrogen-bond acceptors (Lipinski definition) is 6. The number of fused-ring (bicyclic) bond motifs is 1. The average molecular weight is 650 g/mol. The van der Waals surface area contributed by atoms with Crippen LogP contribution in [0.1, 0.15) is 39.9 Å². The lowest BCUT2D eigenvalue weighted by Gasteiger charge is -2.38. The molecular weight excluding hydrogens is 622 g/mol. The van der Waals surface area contributed by atoms with Crippen molar-refractivity contribution in [3.63, 3.8) is 0 Å². The van der Waals surface area contributed by atoms with E-state index in [1.54, 1.807) is 37.3 Å². The molecule has 0 unspecified atom stereocenters. The molecule has 10 nitrogen and oxygen atoms in total. The molecule has 2 N–H and O–H groups in total. The number of aromatic nitrogens is 2. The molecule has 0 spiro atoms. The number of benzene rings is 3. The zero-order valence-corrected chi connectivity index (χ0v) is 24.9. The second-order valence-corrected chi connectivity index (χ2v) is 10.3. The molecule has 5 rings (SSSR count). The van der Waals surface area contributed by atoms with E-state index in [0.717, 1.165) is 43.5 Å². The zero-order valence-electron chi connectivity index (χ0n) is 24.9. The molecule has 1 aliphatic heterocycles. The normalized spacial score (nSPS) is 16.1. The van der Waals surface area contributed by atoms with E-state index in [4.69, 9.17) is 0 Å². The first-order valence-corrected chi connectivity index (χ1v) is 14.2. The van der Waals surface area contributed by atoms with Crippen molar-refractivity contribution in [2.45, 2.75) is 25.1 Å². The number of para-hydroxylation sites is 1. The van der Waals surface area contributed by atoms with E-state index < -0.39 is 53.2 Å². The van der Waals surface area contributed by atoms with E-state index in [9.17, 15) is 36.7 Å². The Labute approximate surface area is 265 Å². The number of hydrogen-bond donors (Lipinski definition) is 2. The van der Waals surface area contributed by atoms with Crippen molar-refractivity contribution in [2.75, 3.05) is 23.9 Å². The van der Waals surface area contributed by atoms with Crippen molar-refractivity contribution in [3.05, 3.63) is 119 Å². The molecule has 1 aliphatic rings. The molecule has 0 bridgehead atoms. The molecule has 0 radical (unpaired) electrons. The van der Waals surface area contributed by atoms with Gasteiger partial charge >= 0.3 is 12.1 Å². The fraction of sp³-hybridized carbons (Fsp3) is 0.182. The van der Waals surface area contributed by atoms with E-state index >= 15 is 0 Å². The summed E-state index contributed by atoms with van der Waals surface area (Å²) in [6.07, 6.45) is -2.90. The molecule has 242 valence electrons. The number of likely N-dealkylation sites (N-methyl/N-ethyl adjacent to an activating group) is 1. The Morgan fingerprint density at radius 2 is 1.68 bits per heavy atom. The predicted octanol–water partition coefficient (Wildman–Crippen LogP) is 4.99. The first-order chi connectivity index (χ1) is 22.4. The van der Waals surface area contributed by atoms with Crippen molar-refractivity contribution in [1.82, 2.24) is 15.1 Å². The fourth-order valence-electron chi connectivity index (χ4n) is 5.30. The summed E-state index contributed by atoms with van der Waals surface area (Å²) in [5, 5.41) is 9.83. The number of carbonyl (C=O) groups is 4. The molecule has 3 amide bonds. The number of amides is 3. The third kappa shape index (κ3) is 6.76. The van der Waals surface area contributed by atoms with Gasteiger partial charge in [0.05, 0.1) is 18.4 Å². The van der Waals surface area contributed by atoms with Crippen molar-refractivity contribution >= 4 is 35.3 Å². The summed E-state index contributed by atoms with van der Waals surface area (Å²) in [6.45, 7) is 1.73. The highest BCUT2D eigenvalue weighted by Gasteiger charge is 2.46. The number of esters is 1. The van der Waals surface area contributed by atoms with Gasteiger partial charge < -0.3 is 15.4 Å². The summed E-state index contributed by atoms with van der Waals surface area (Å²) < 4.78 is 60.4. The summed E-state index contributed by atoms with van der Waals surface area (Å²) in [5.41, 5.74) is -0.317. The maximum atomic E-state index is 14.3. The van der Waals surface area contributed by atoms with Crippen molar-refractivity contribution in [1.29, 1.82) is 0 Å². The largest absolute Gasteiger partial charge is 0.466 e. The Balaban J connectivity index is 1.70. The van der Waals surface area contributed by atoms with Crippen LogP contribution in [0.4, 0.5) is 29.2 Å². The number of alkyl halides is 3.